The van der Waals surface area contributed by atoms with Crippen molar-refractivity contribution < 1.29 is 9.72 Å². The first-order valence-electron chi connectivity index (χ1n) is 10.8. The molecule has 2 aromatic carbocycles. The van der Waals surface area contributed by atoms with Crippen LogP contribution < -0.4 is 10.3 Å². The maximum Gasteiger partial charge on any atom is 0.269 e. The summed E-state index contributed by atoms with van der Waals surface area (Å²) >= 11 is 1.30. The van der Waals surface area contributed by atoms with Crippen molar-refractivity contribution in [2.75, 3.05) is 17.2 Å². The van der Waals surface area contributed by atoms with Crippen LogP contribution in [0.3, 0.4) is 0 Å². The zero-order chi connectivity index (χ0) is 23.3. The highest BCUT2D eigenvalue weighted by Gasteiger charge is 2.35. The van der Waals surface area contributed by atoms with E-state index in [1.165, 1.54) is 35.1 Å². The number of anilines is 1. The normalized spacial score (nSPS) is 17.2. The lowest BCUT2D eigenvalue weighted by Gasteiger charge is -2.47. The van der Waals surface area contributed by atoms with Gasteiger partial charge in [0.15, 0.2) is 0 Å². The van der Waals surface area contributed by atoms with Crippen molar-refractivity contribution in [3.05, 3.63) is 63.7 Å². The molecule has 1 aliphatic rings. The Morgan fingerprint density at radius 2 is 2.03 bits per heavy atom. The topological polar surface area (TPSA) is 87.8 Å². The monoisotopic (exact) mass is 454 g/mol. The summed E-state index contributed by atoms with van der Waals surface area (Å²) in [5.74, 6) is 0.401. The first kappa shape index (κ1) is 23.8. The minimum absolute atomic E-state index is 0.0316. The van der Waals surface area contributed by atoms with E-state index in [0.717, 1.165) is 29.8 Å². The molecule has 32 heavy (non-hydrogen) atoms. The van der Waals surface area contributed by atoms with E-state index in [1.807, 2.05) is 6.07 Å². The van der Waals surface area contributed by atoms with Gasteiger partial charge in [0.25, 0.3) is 5.69 Å². The minimum Gasteiger partial charge on any atom is -0.366 e. The number of fused-ring (bicyclic) bond motifs is 1. The zero-order valence-corrected chi connectivity index (χ0v) is 19.8. The Balaban J connectivity index is 1.59. The maximum atomic E-state index is 12.1. The highest BCUT2D eigenvalue weighted by molar-refractivity contribution is 8.00. The Morgan fingerprint density at radius 1 is 1.31 bits per heavy atom. The van der Waals surface area contributed by atoms with Gasteiger partial charge in [-0.3, -0.25) is 14.9 Å². The Bertz CT molecular complexity index is 1000. The molecule has 1 atom stereocenters. The number of benzene rings is 2. The van der Waals surface area contributed by atoms with Crippen molar-refractivity contribution in [3.8, 4) is 0 Å². The molecule has 3 rings (SSSR count). The van der Waals surface area contributed by atoms with Crippen LogP contribution in [-0.4, -0.2) is 34.9 Å². The second-order valence-electron chi connectivity index (χ2n) is 8.72. The fourth-order valence-corrected chi connectivity index (χ4v) is 4.95. The first-order valence-corrected chi connectivity index (χ1v) is 11.8. The number of hydrogen-bond donors (Lipinski definition) is 1. The third-order valence-corrected chi connectivity index (χ3v) is 6.69. The summed E-state index contributed by atoms with van der Waals surface area (Å²) in [4.78, 5) is 25.6. The molecule has 0 radical (unpaired) electrons. The van der Waals surface area contributed by atoms with E-state index < -0.39 is 4.92 Å². The molecule has 170 valence electrons. The van der Waals surface area contributed by atoms with Gasteiger partial charge in [-0.15, -0.1) is 11.8 Å². The van der Waals surface area contributed by atoms with Crippen LogP contribution in [0.1, 0.15) is 57.6 Å². The predicted octanol–water partition coefficient (Wildman–Crippen LogP) is 5.34. The van der Waals surface area contributed by atoms with Gasteiger partial charge in [-0.05, 0) is 68.0 Å². The molecule has 1 heterocycles. The van der Waals surface area contributed by atoms with Crippen molar-refractivity contribution in [1.29, 1.82) is 0 Å². The molecule has 0 aromatic heterocycles. The molecule has 1 amide bonds. The van der Waals surface area contributed by atoms with Gasteiger partial charge in [0.05, 0.1) is 16.9 Å². The predicted molar refractivity (Wildman–Crippen MR) is 131 cm³/mol. The summed E-state index contributed by atoms with van der Waals surface area (Å²) in [6.45, 7) is 10.1. The van der Waals surface area contributed by atoms with Crippen LogP contribution in [0, 0.1) is 10.1 Å². The lowest BCUT2D eigenvalue weighted by atomic mass is 9.79. The average Bonchev–Trinajstić information content (AvgIpc) is 2.75. The lowest BCUT2D eigenvalue weighted by Crippen LogP contribution is -2.48. The van der Waals surface area contributed by atoms with E-state index in [0.29, 0.717) is 5.92 Å². The fraction of sp³-hybridized carbons (Fsp3) is 0.417. The number of rotatable bonds is 8. The van der Waals surface area contributed by atoms with Gasteiger partial charge in [0.2, 0.25) is 5.91 Å². The molecule has 1 N–H and O–H groups in total. The molecule has 7 nitrogen and oxygen atoms in total. The summed E-state index contributed by atoms with van der Waals surface area (Å²) in [6, 6.07) is 12.5. The number of nitrogens with zero attached hydrogens (tertiary/aromatic N) is 3. The van der Waals surface area contributed by atoms with Crippen LogP contribution in [0.5, 0.6) is 0 Å². The molecule has 0 spiro atoms. The van der Waals surface area contributed by atoms with Crippen LogP contribution >= 0.6 is 11.8 Å². The van der Waals surface area contributed by atoms with E-state index in [-0.39, 0.29) is 22.9 Å². The number of non-ortho nitro benzene ring substituents is 1. The molecular formula is C24H30N4O3S. The smallest absolute Gasteiger partial charge is 0.269 e. The number of thioether (sulfide) groups is 1. The number of hydrogen-bond acceptors (Lipinski definition) is 6. The Kier molecular flexibility index (Phi) is 7.56. The second-order valence-corrected chi connectivity index (χ2v) is 9.77. The molecule has 1 unspecified atom stereocenters. The number of nitro benzene ring substituents is 1. The third kappa shape index (κ3) is 5.68. The quantitative estimate of drug-likeness (QED) is 0.252. The van der Waals surface area contributed by atoms with Gasteiger partial charge in [0, 0.05) is 34.8 Å². The number of hydrazone groups is 1. The highest BCUT2D eigenvalue weighted by atomic mass is 32.2. The van der Waals surface area contributed by atoms with E-state index >= 15 is 0 Å². The van der Waals surface area contributed by atoms with Crippen LogP contribution in [0.15, 0.2) is 52.5 Å². The number of carbonyl (C=O) groups excluding carboxylic acids is 1. The van der Waals surface area contributed by atoms with Gasteiger partial charge in [-0.2, -0.15) is 5.10 Å². The molecule has 0 bridgehead atoms. The largest absolute Gasteiger partial charge is 0.366 e. The van der Waals surface area contributed by atoms with Gasteiger partial charge in [-0.1, -0.05) is 19.9 Å². The van der Waals surface area contributed by atoms with E-state index in [2.05, 4.69) is 55.3 Å². The minimum atomic E-state index is -0.445. The van der Waals surface area contributed by atoms with Crippen molar-refractivity contribution in [2.24, 2.45) is 5.10 Å². The average molecular weight is 455 g/mol. The van der Waals surface area contributed by atoms with E-state index in [4.69, 9.17) is 0 Å². The molecular weight excluding hydrogens is 424 g/mol. The Morgan fingerprint density at radius 3 is 2.69 bits per heavy atom. The molecule has 2 aromatic rings. The Labute approximate surface area is 193 Å². The van der Waals surface area contributed by atoms with Crippen molar-refractivity contribution in [3.63, 3.8) is 0 Å². The number of amides is 1. The SMILES string of the molecule is CCCN1c2ccc(/C=N\NC(=O)CSc3ccc([N+](=O)[O-])cc3)cc2C(C)CC1(C)C. The standard InChI is InChI=1S/C24H30N4O3S/c1-5-12-27-22-11-6-18(13-21(22)17(2)14-24(27,3)4)15-25-26-23(29)16-32-20-9-7-19(8-10-20)28(30)31/h6-11,13,15,17H,5,12,14,16H2,1-4H3,(H,26,29)/b25-15-. The lowest BCUT2D eigenvalue weighted by molar-refractivity contribution is -0.384. The number of carbonyl (C=O) groups is 1. The van der Waals surface area contributed by atoms with Crippen LogP contribution in [-0.2, 0) is 4.79 Å². The molecule has 0 aliphatic carbocycles. The summed E-state index contributed by atoms with van der Waals surface area (Å²) in [5, 5.41) is 14.8. The second kappa shape index (κ2) is 10.2. The fourth-order valence-electron chi connectivity index (χ4n) is 4.26. The van der Waals surface area contributed by atoms with Crippen molar-refractivity contribution in [2.45, 2.75) is 56.9 Å². The molecule has 0 saturated carbocycles. The van der Waals surface area contributed by atoms with E-state index in [9.17, 15) is 14.9 Å². The highest BCUT2D eigenvalue weighted by Crippen LogP contribution is 2.43. The molecule has 1 aliphatic heterocycles. The van der Waals surface area contributed by atoms with Crippen molar-refractivity contribution >= 4 is 35.3 Å². The van der Waals surface area contributed by atoms with Crippen LogP contribution in [0.2, 0.25) is 0 Å². The van der Waals surface area contributed by atoms with Gasteiger partial charge < -0.3 is 4.90 Å². The van der Waals surface area contributed by atoms with Gasteiger partial charge >= 0.3 is 0 Å². The maximum absolute atomic E-state index is 12.1. The van der Waals surface area contributed by atoms with Crippen LogP contribution in [0.25, 0.3) is 0 Å². The molecule has 0 fully saturated rings. The van der Waals surface area contributed by atoms with Gasteiger partial charge in [0.1, 0.15) is 0 Å². The Hall–Kier alpha value is -2.87. The van der Waals surface area contributed by atoms with Crippen LogP contribution in [0.4, 0.5) is 11.4 Å². The first-order chi connectivity index (χ1) is 15.2. The third-order valence-electron chi connectivity index (χ3n) is 5.68. The molecule has 8 heteroatoms. The number of nitro groups is 1. The number of nitrogens with one attached hydrogen (secondary N) is 1. The summed E-state index contributed by atoms with van der Waals surface area (Å²) in [6.07, 6.45) is 3.87. The summed E-state index contributed by atoms with van der Waals surface area (Å²) < 4.78 is 0. The summed E-state index contributed by atoms with van der Waals surface area (Å²) in [5.41, 5.74) is 6.28. The van der Waals surface area contributed by atoms with Crippen molar-refractivity contribution in [1.82, 2.24) is 5.43 Å². The van der Waals surface area contributed by atoms with E-state index in [1.54, 1.807) is 18.3 Å². The zero-order valence-electron chi connectivity index (χ0n) is 19.0. The van der Waals surface area contributed by atoms with Gasteiger partial charge in [-0.25, -0.2) is 5.43 Å². The summed E-state index contributed by atoms with van der Waals surface area (Å²) in [7, 11) is 0. The molecule has 0 saturated heterocycles.